The van der Waals surface area contributed by atoms with Crippen molar-refractivity contribution in [3.63, 3.8) is 0 Å². The first-order chi connectivity index (χ1) is 31.1. The quantitative estimate of drug-likeness (QED) is 0.0527. The zero-order valence-electron chi connectivity index (χ0n) is 34.5. The molecule has 0 amide bonds. The maximum atomic E-state index is 8.42. The Labute approximate surface area is 374 Å². The second-order valence-corrected chi connectivity index (χ2v) is 30.7. The monoisotopic (exact) mass is 908 g/mol. The van der Waals surface area contributed by atoms with Gasteiger partial charge in [0, 0.05) is 0 Å². The number of benzene rings is 9. The van der Waals surface area contributed by atoms with Crippen molar-refractivity contribution in [2.75, 3.05) is 0 Å². The second-order valence-electron chi connectivity index (χ2n) is 15.5. The van der Waals surface area contributed by atoms with Crippen LogP contribution in [0, 0.1) is 0 Å². The molecule has 9 heteroatoms. The van der Waals surface area contributed by atoms with Crippen LogP contribution >= 0.6 is 0 Å². The minimum absolute atomic E-state index is 0.994. The molecule has 308 valence electrons. The Hall–Kier alpha value is -5.98. The van der Waals surface area contributed by atoms with Gasteiger partial charge in [-0.2, -0.15) is 0 Å². The average Bonchev–Trinajstić information content (AvgIpc) is 4.09. The molecule has 0 aromatic heterocycles. The molecule has 0 radical (unpaired) electrons. The van der Waals surface area contributed by atoms with Crippen LogP contribution in [0.25, 0.3) is 0 Å². The van der Waals surface area contributed by atoms with Crippen LogP contribution in [0.4, 0.5) is 0 Å². The molecule has 9 aromatic rings. The van der Waals surface area contributed by atoms with E-state index in [-0.39, 0.29) is 0 Å². The van der Waals surface area contributed by atoms with Crippen molar-refractivity contribution in [1.29, 1.82) is 0 Å². The fourth-order valence-corrected chi connectivity index (χ4v) is 34.6. The van der Waals surface area contributed by atoms with Gasteiger partial charge in [0.25, 0.3) is 0 Å². The molecule has 9 aromatic carbocycles. The predicted octanol–water partition coefficient (Wildman–Crippen LogP) is 6.26. The summed E-state index contributed by atoms with van der Waals surface area (Å²) in [7, 11) is -11.3. The summed E-state index contributed by atoms with van der Waals surface area (Å²) in [6, 6.07) is 94.5. The molecule has 5 nitrogen and oxygen atoms in total. The molecule has 1 aliphatic rings. The van der Waals surface area contributed by atoms with Crippen LogP contribution in [0.2, 0.25) is 0 Å². The molecule has 63 heavy (non-hydrogen) atoms. The third kappa shape index (κ3) is 7.46. The Balaban J connectivity index is 1.36. The van der Waals surface area contributed by atoms with E-state index in [9.17, 15) is 0 Å². The summed E-state index contributed by atoms with van der Waals surface area (Å²) in [5.74, 6) is 0. The van der Waals surface area contributed by atoms with E-state index in [1.54, 1.807) is 0 Å². The molecule has 0 unspecified atom stereocenters. The van der Waals surface area contributed by atoms with Gasteiger partial charge in [0.15, 0.2) is 0 Å². The van der Waals surface area contributed by atoms with Gasteiger partial charge in [-0.25, -0.2) is 0 Å². The first kappa shape index (κ1) is 41.1. The van der Waals surface area contributed by atoms with Gasteiger partial charge in [0.2, 0.25) is 0 Å². The standard InChI is InChI=1S/3C18H15OSi.O2.V/c3*19-20(16-10-4-1-5-11-16,17-12-6-2-7-13-17)18-14-8-3-9-15-18;1-2;/h3*1-15H;;/q3*-1;-2;+5. The number of rotatable bonds is 15. The molecular weight excluding hydrogens is 864 g/mol. The molecule has 0 aliphatic carbocycles. The van der Waals surface area contributed by atoms with Crippen molar-refractivity contribution in [1.82, 2.24) is 0 Å². The van der Waals surface area contributed by atoms with Crippen molar-refractivity contribution < 1.29 is 32.3 Å². The van der Waals surface area contributed by atoms with Gasteiger partial charge in [-0.15, -0.1) is 0 Å². The van der Waals surface area contributed by atoms with Crippen molar-refractivity contribution in [2.45, 2.75) is 0 Å². The maximum absolute atomic E-state index is 8.42. The fourth-order valence-electron chi connectivity index (χ4n) is 8.89. The molecule has 0 bridgehead atoms. The van der Waals surface area contributed by atoms with Crippen LogP contribution in [-0.4, -0.2) is 25.0 Å². The predicted molar refractivity (Wildman–Crippen MR) is 257 cm³/mol. The molecule has 1 aliphatic heterocycles. The molecular formula is C54H45O5Si3V. The van der Waals surface area contributed by atoms with Gasteiger partial charge >= 0.3 is 377 Å². The SMILES string of the molecule is c1ccc([Si]([O][V]2([O][Si](c3ccccc3)(c3ccccc3)c3ccccc3)([O][Si](c3ccccc3)(c3ccccc3)c3ccccc3)[O][O]2)(c2ccccc2)c2ccccc2)cc1. The molecule has 0 N–H and O–H groups in total. The molecule has 0 spiro atoms. The van der Waals surface area contributed by atoms with E-state index in [0.29, 0.717) is 0 Å². The zero-order valence-corrected chi connectivity index (χ0v) is 38.9. The van der Waals surface area contributed by atoms with Gasteiger partial charge in [-0.05, 0) is 0 Å². The first-order valence-corrected chi connectivity index (χ1v) is 29.7. The molecule has 1 heterocycles. The van der Waals surface area contributed by atoms with E-state index in [4.69, 9.17) is 17.7 Å². The van der Waals surface area contributed by atoms with Crippen molar-refractivity contribution in [2.24, 2.45) is 0 Å². The van der Waals surface area contributed by atoms with E-state index >= 15 is 0 Å². The van der Waals surface area contributed by atoms with E-state index in [2.05, 4.69) is 218 Å². The Morgan fingerprint density at radius 3 is 0.444 bits per heavy atom. The van der Waals surface area contributed by atoms with Crippen molar-refractivity contribution >= 4 is 71.6 Å². The van der Waals surface area contributed by atoms with Gasteiger partial charge in [-0.1, -0.05) is 0 Å². The summed E-state index contributed by atoms with van der Waals surface area (Å²) in [4.78, 5) is 0. The van der Waals surface area contributed by atoms with E-state index in [1.807, 2.05) is 54.6 Å². The Bertz CT molecular complexity index is 2260. The van der Waals surface area contributed by atoms with Gasteiger partial charge in [-0.3, -0.25) is 0 Å². The third-order valence-corrected chi connectivity index (χ3v) is 32.6. The first-order valence-electron chi connectivity index (χ1n) is 21.1. The van der Waals surface area contributed by atoms with Crippen LogP contribution < -0.4 is 46.7 Å². The van der Waals surface area contributed by atoms with Crippen LogP contribution in [0.1, 0.15) is 0 Å². The van der Waals surface area contributed by atoms with E-state index < -0.39 is 39.6 Å². The van der Waals surface area contributed by atoms with Crippen LogP contribution in [0.5, 0.6) is 0 Å². The summed E-state index contributed by atoms with van der Waals surface area (Å²) in [5, 5.41) is 8.95. The third-order valence-electron chi connectivity index (χ3n) is 11.7. The second kappa shape index (κ2) is 17.3. The summed E-state index contributed by atoms with van der Waals surface area (Å²) in [6.07, 6.45) is 0. The molecule has 1 fully saturated rings. The number of hydrogen-bond donors (Lipinski definition) is 0. The van der Waals surface area contributed by atoms with Crippen LogP contribution in [0.3, 0.4) is 0 Å². The zero-order chi connectivity index (χ0) is 42.5. The van der Waals surface area contributed by atoms with Gasteiger partial charge in [0.1, 0.15) is 0 Å². The Morgan fingerprint density at radius 2 is 0.333 bits per heavy atom. The van der Waals surface area contributed by atoms with Gasteiger partial charge in [0.05, 0.1) is 0 Å². The Morgan fingerprint density at radius 1 is 0.206 bits per heavy atom. The van der Waals surface area contributed by atoms with Crippen molar-refractivity contribution in [3.05, 3.63) is 273 Å². The summed E-state index contributed by atoms with van der Waals surface area (Å²) < 4.78 is 39.2. The van der Waals surface area contributed by atoms with Crippen molar-refractivity contribution in [3.8, 4) is 0 Å². The van der Waals surface area contributed by atoms with E-state index in [0.717, 1.165) is 46.7 Å². The summed E-state index contributed by atoms with van der Waals surface area (Å²) in [6.45, 7) is 0. The van der Waals surface area contributed by atoms with Crippen LogP contribution in [-0.2, 0) is 32.3 Å². The van der Waals surface area contributed by atoms with Crippen LogP contribution in [0.15, 0.2) is 273 Å². The molecule has 1 saturated heterocycles. The Kier molecular flexibility index (Phi) is 11.3. The van der Waals surface area contributed by atoms with Gasteiger partial charge < -0.3 is 0 Å². The topological polar surface area (TPSA) is 52.8 Å². The molecule has 0 saturated carbocycles. The average molecular weight is 909 g/mol. The summed E-state index contributed by atoms with van der Waals surface area (Å²) in [5.41, 5.74) is 0. The normalized spacial score (nSPS) is 15.1. The molecule has 0 atom stereocenters. The van der Waals surface area contributed by atoms with E-state index in [1.165, 1.54) is 0 Å². The minimum atomic E-state index is -6.30. The fraction of sp³-hybridized carbons (Fsp3) is 0. The number of hydrogen-bond acceptors (Lipinski definition) is 5. The summed E-state index contributed by atoms with van der Waals surface area (Å²) >= 11 is -6.30. The molecule has 10 rings (SSSR count).